The molecular formula is C32H34N6O2. The molecular weight excluding hydrogens is 500 g/mol. The van der Waals surface area contributed by atoms with Crippen LogP contribution in [0.25, 0.3) is 38.8 Å². The fourth-order valence-corrected chi connectivity index (χ4v) is 5.75. The second-order valence-corrected chi connectivity index (χ2v) is 10.6. The normalized spacial score (nSPS) is 17.5. The Hall–Kier alpha value is -4.46. The van der Waals surface area contributed by atoms with Crippen LogP contribution in [-0.2, 0) is 4.74 Å². The van der Waals surface area contributed by atoms with Gasteiger partial charge in [0.2, 0.25) is 0 Å². The largest absolute Gasteiger partial charge is 0.449 e. The zero-order valence-corrected chi connectivity index (χ0v) is 23.2. The van der Waals surface area contributed by atoms with Gasteiger partial charge < -0.3 is 14.5 Å². The molecule has 5 aromatic rings. The van der Waals surface area contributed by atoms with Gasteiger partial charge in [0, 0.05) is 66.0 Å². The molecule has 1 aliphatic heterocycles. The molecule has 1 amide bonds. The average molecular weight is 535 g/mol. The summed E-state index contributed by atoms with van der Waals surface area (Å²) in [6.07, 6.45) is 9.35. The number of amides is 1. The van der Waals surface area contributed by atoms with Crippen LogP contribution in [0.2, 0.25) is 0 Å². The van der Waals surface area contributed by atoms with Gasteiger partial charge in [0.1, 0.15) is 0 Å². The summed E-state index contributed by atoms with van der Waals surface area (Å²) in [4.78, 5) is 26.0. The lowest BCUT2D eigenvalue weighted by Gasteiger charge is -2.45. The SMILES string of the molecule is CCCCOC(=O)N1CC(C)N(c2ccc(-c3cnc4c(-c5ccnc6ccccc56)cnn4c3)cc2)C(C)C1. The summed E-state index contributed by atoms with van der Waals surface area (Å²) in [5.74, 6) is 0. The minimum atomic E-state index is -0.205. The first kappa shape index (κ1) is 25.8. The molecule has 0 N–H and O–H groups in total. The topological polar surface area (TPSA) is 75.9 Å². The maximum Gasteiger partial charge on any atom is 0.409 e. The number of hydrogen-bond donors (Lipinski definition) is 0. The monoisotopic (exact) mass is 534 g/mol. The molecule has 6 rings (SSSR count). The molecule has 0 saturated carbocycles. The Bertz CT molecular complexity index is 1630. The van der Waals surface area contributed by atoms with Gasteiger partial charge in [-0.05, 0) is 55.7 Å². The van der Waals surface area contributed by atoms with Crippen LogP contribution in [0.5, 0.6) is 0 Å². The van der Waals surface area contributed by atoms with Crippen molar-refractivity contribution in [3.63, 3.8) is 0 Å². The number of benzene rings is 2. The minimum absolute atomic E-state index is 0.179. The molecule has 1 aliphatic rings. The second-order valence-electron chi connectivity index (χ2n) is 10.6. The molecule has 1 fully saturated rings. The predicted molar refractivity (Wildman–Crippen MR) is 158 cm³/mol. The maximum atomic E-state index is 12.5. The summed E-state index contributed by atoms with van der Waals surface area (Å²) in [6, 6.07) is 19.1. The molecule has 40 heavy (non-hydrogen) atoms. The van der Waals surface area contributed by atoms with Crippen molar-refractivity contribution in [1.82, 2.24) is 24.5 Å². The number of hydrogen-bond acceptors (Lipinski definition) is 6. The molecule has 0 radical (unpaired) electrons. The zero-order chi connectivity index (χ0) is 27.6. The molecule has 2 aromatic carbocycles. The number of piperazine rings is 1. The Labute approximate surface area is 234 Å². The number of unbranched alkanes of at least 4 members (excludes halogenated alkanes) is 1. The van der Waals surface area contributed by atoms with Gasteiger partial charge in [0.25, 0.3) is 0 Å². The third-order valence-electron chi connectivity index (χ3n) is 7.70. The smallest absolute Gasteiger partial charge is 0.409 e. The van der Waals surface area contributed by atoms with E-state index < -0.39 is 0 Å². The number of ether oxygens (including phenoxy) is 1. The lowest BCUT2D eigenvalue weighted by atomic mass is 10.0. The fourth-order valence-electron chi connectivity index (χ4n) is 5.75. The summed E-state index contributed by atoms with van der Waals surface area (Å²) in [7, 11) is 0. The van der Waals surface area contributed by atoms with Gasteiger partial charge in [-0.1, -0.05) is 43.7 Å². The van der Waals surface area contributed by atoms with Gasteiger partial charge in [-0.3, -0.25) is 4.98 Å². The van der Waals surface area contributed by atoms with Gasteiger partial charge in [-0.2, -0.15) is 5.10 Å². The number of rotatable bonds is 6. The van der Waals surface area contributed by atoms with E-state index in [0.29, 0.717) is 19.7 Å². The van der Waals surface area contributed by atoms with Crippen LogP contribution in [0, 0.1) is 0 Å². The summed E-state index contributed by atoms with van der Waals surface area (Å²) >= 11 is 0. The number of anilines is 1. The number of carbonyl (C=O) groups excluding carboxylic acids is 1. The highest BCUT2D eigenvalue weighted by Crippen LogP contribution is 2.32. The van der Waals surface area contributed by atoms with Crippen LogP contribution in [-0.4, -0.2) is 62.4 Å². The Balaban J connectivity index is 1.20. The highest BCUT2D eigenvalue weighted by atomic mass is 16.6. The lowest BCUT2D eigenvalue weighted by molar-refractivity contribution is 0.0891. The Morgan fingerprint density at radius 2 is 1.70 bits per heavy atom. The van der Waals surface area contributed by atoms with Gasteiger partial charge in [-0.15, -0.1) is 0 Å². The third-order valence-corrected chi connectivity index (χ3v) is 7.70. The van der Waals surface area contributed by atoms with Crippen molar-refractivity contribution >= 4 is 28.3 Å². The first-order chi connectivity index (χ1) is 19.5. The summed E-state index contributed by atoms with van der Waals surface area (Å²) in [5, 5.41) is 5.71. The Kier molecular flexibility index (Phi) is 7.07. The molecule has 8 nitrogen and oxygen atoms in total. The highest BCUT2D eigenvalue weighted by Gasteiger charge is 2.32. The van der Waals surface area contributed by atoms with E-state index in [-0.39, 0.29) is 18.2 Å². The standard InChI is InChI=1S/C32H34N6O2/c1-4-5-16-40-32(39)36-19-22(2)38(23(3)20-36)26-12-10-24(11-13-26)25-17-34-31-29(18-35-37(31)21-25)27-14-15-33-30-9-7-6-8-28(27)30/h6-15,17-18,21-23H,4-5,16,19-20H2,1-3H3. The molecule has 0 aliphatic carbocycles. The number of aromatic nitrogens is 4. The van der Waals surface area contributed by atoms with E-state index in [4.69, 9.17) is 9.72 Å². The molecule has 2 atom stereocenters. The molecule has 2 unspecified atom stereocenters. The third kappa shape index (κ3) is 4.85. The molecule has 204 valence electrons. The van der Waals surface area contributed by atoms with Gasteiger partial charge >= 0.3 is 6.09 Å². The lowest BCUT2D eigenvalue weighted by Crippen LogP contribution is -2.58. The van der Waals surface area contributed by atoms with Gasteiger partial charge in [0.15, 0.2) is 5.65 Å². The van der Waals surface area contributed by atoms with Crippen molar-refractivity contribution in [1.29, 1.82) is 0 Å². The minimum Gasteiger partial charge on any atom is -0.449 e. The molecule has 3 aromatic heterocycles. The van der Waals surface area contributed by atoms with Crippen molar-refractivity contribution in [3.8, 4) is 22.3 Å². The zero-order valence-electron chi connectivity index (χ0n) is 23.2. The Morgan fingerprint density at radius 3 is 2.48 bits per heavy atom. The molecule has 0 bridgehead atoms. The highest BCUT2D eigenvalue weighted by molar-refractivity contribution is 5.97. The molecule has 0 spiro atoms. The van der Waals surface area contributed by atoms with Gasteiger partial charge in [0.05, 0.1) is 18.3 Å². The van der Waals surface area contributed by atoms with Crippen LogP contribution in [0.1, 0.15) is 33.6 Å². The van der Waals surface area contributed by atoms with E-state index in [9.17, 15) is 4.79 Å². The van der Waals surface area contributed by atoms with Crippen molar-refractivity contribution < 1.29 is 9.53 Å². The van der Waals surface area contributed by atoms with E-state index in [1.54, 1.807) is 0 Å². The summed E-state index contributed by atoms with van der Waals surface area (Å²) < 4.78 is 7.30. The van der Waals surface area contributed by atoms with Crippen molar-refractivity contribution in [2.45, 2.75) is 45.7 Å². The molecule has 4 heterocycles. The predicted octanol–water partition coefficient (Wildman–Crippen LogP) is 6.45. The van der Waals surface area contributed by atoms with Crippen LogP contribution < -0.4 is 4.90 Å². The van der Waals surface area contributed by atoms with Crippen molar-refractivity contribution in [2.75, 3.05) is 24.6 Å². The van der Waals surface area contributed by atoms with E-state index in [1.807, 2.05) is 58.5 Å². The first-order valence-corrected chi connectivity index (χ1v) is 14.0. The molecule has 1 saturated heterocycles. The molecule has 8 heteroatoms. The first-order valence-electron chi connectivity index (χ1n) is 14.0. The van der Waals surface area contributed by atoms with Crippen molar-refractivity contribution in [2.24, 2.45) is 0 Å². The Morgan fingerprint density at radius 1 is 0.925 bits per heavy atom. The van der Waals surface area contributed by atoms with E-state index >= 15 is 0 Å². The number of carbonyl (C=O) groups is 1. The summed E-state index contributed by atoms with van der Waals surface area (Å²) in [5.41, 5.74) is 7.03. The maximum absolute atomic E-state index is 12.5. The van der Waals surface area contributed by atoms with Gasteiger partial charge in [-0.25, -0.2) is 14.3 Å². The quantitative estimate of drug-likeness (QED) is 0.233. The van der Waals surface area contributed by atoms with Crippen LogP contribution >= 0.6 is 0 Å². The van der Waals surface area contributed by atoms with E-state index in [1.165, 1.54) is 0 Å². The van der Waals surface area contributed by atoms with Crippen molar-refractivity contribution in [3.05, 3.63) is 79.4 Å². The summed E-state index contributed by atoms with van der Waals surface area (Å²) in [6.45, 7) is 8.19. The number of para-hydroxylation sites is 1. The second kappa shape index (κ2) is 11.0. The number of pyridine rings is 1. The number of nitrogens with zero attached hydrogens (tertiary/aromatic N) is 6. The fraction of sp³-hybridized carbons (Fsp3) is 0.312. The van der Waals surface area contributed by atoms with E-state index in [2.05, 4.69) is 66.1 Å². The average Bonchev–Trinajstić information content (AvgIpc) is 3.40. The van der Waals surface area contributed by atoms with Crippen LogP contribution in [0.15, 0.2) is 79.4 Å². The number of fused-ring (bicyclic) bond motifs is 2. The van der Waals surface area contributed by atoms with Crippen LogP contribution in [0.4, 0.5) is 10.5 Å². The van der Waals surface area contributed by atoms with Crippen LogP contribution in [0.3, 0.4) is 0 Å². The van der Waals surface area contributed by atoms with E-state index in [0.717, 1.165) is 57.3 Å².